The first-order valence-electron chi connectivity index (χ1n) is 6.31. The molecule has 0 unspecified atom stereocenters. The van der Waals surface area contributed by atoms with E-state index in [0.29, 0.717) is 24.7 Å². The van der Waals surface area contributed by atoms with E-state index < -0.39 is 0 Å². The van der Waals surface area contributed by atoms with Crippen LogP contribution in [-0.2, 0) is 11.3 Å². The SMILES string of the molecule is COc1ccc(/C(N)=N/O)cc1COCCC(C)C. The second-order valence-corrected chi connectivity index (χ2v) is 4.75. The van der Waals surface area contributed by atoms with Gasteiger partial charge in [-0.05, 0) is 30.5 Å². The van der Waals surface area contributed by atoms with Crippen molar-refractivity contribution in [3.63, 3.8) is 0 Å². The van der Waals surface area contributed by atoms with Gasteiger partial charge in [0.1, 0.15) is 5.75 Å². The third-order valence-corrected chi connectivity index (χ3v) is 2.78. The van der Waals surface area contributed by atoms with Crippen LogP contribution in [0.4, 0.5) is 0 Å². The van der Waals surface area contributed by atoms with Gasteiger partial charge in [-0.2, -0.15) is 0 Å². The highest BCUT2D eigenvalue weighted by Gasteiger charge is 2.07. The lowest BCUT2D eigenvalue weighted by atomic mass is 10.1. The van der Waals surface area contributed by atoms with E-state index in [4.69, 9.17) is 20.4 Å². The fraction of sp³-hybridized carbons (Fsp3) is 0.500. The largest absolute Gasteiger partial charge is 0.496 e. The number of nitrogens with two attached hydrogens (primary N) is 1. The lowest BCUT2D eigenvalue weighted by Crippen LogP contribution is -2.13. The molecule has 1 aromatic carbocycles. The molecule has 0 aliphatic heterocycles. The van der Waals surface area contributed by atoms with Crippen LogP contribution in [0, 0.1) is 5.92 Å². The Morgan fingerprint density at radius 3 is 2.74 bits per heavy atom. The van der Waals surface area contributed by atoms with Crippen molar-refractivity contribution in [1.82, 2.24) is 0 Å². The van der Waals surface area contributed by atoms with Gasteiger partial charge >= 0.3 is 0 Å². The van der Waals surface area contributed by atoms with E-state index in [2.05, 4.69) is 19.0 Å². The topological polar surface area (TPSA) is 77.1 Å². The van der Waals surface area contributed by atoms with Crippen LogP contribution in [0.5, 0.6) is 5.75 Å². The Hall–Kier alpha value is -1.75. The smallest absolute Gasteiger partial charge is 0.170 e. The monoisotopic (exact) mass is 266 g/mol. The maximum Gasteiger partial charge on any atom is 0.170 e. The van der Waals surface area contributed by atoms with Crippen LogP contribution in [0.3, 0.4) is 0 Å². The van der Waals surface area contributed by atoms with Gasteiger partial charge in [-0.25, -0.2) is 0 Å². The summed E-state index contributed by atoms with van der Waals surface area (Å²) >= 11 is 0. The van der Waals surface area contributed by atoms with E-state index in [9.17, 15) is 0 Å². The molecule has 19 heavy (non-hydrogen) atoms. The Morgan fingerprint density at radius 1 is 1.42 bits per heavy atom. The van der Waals surface area contributed by atoms with E-state index in [1.165, 1.54) is 0 Å². The first kappa shape index (κ1) is 15.3. The zero-order chi connectivity index (χ0) is 14.3. The van der Waals surface area contributed by atoms with Gasteiger partial charge in [0.15, 0.2) is 5.84 Å². The number of hydrogen-bond acceptors (Lipinski definition) is 4. The molecule has 0 aromatic heterocycles. The van der Waals surface area contributed by atoms with Crippen molar-refractivity contribution in [3.05, 3.63) is 29.3 Å². The van der Waals surface area contributed by atoms with Crippen molar-refractivity contribution < 1.29 is 14.7 Å². The average Bonchev–Trinajstić information content (AvgIpc) is 2.42. The summed E-state index contributed by atoms with van der Waals surface area (Å²) < 4.78 is 10.9. The van der Waals surface area contributed by atoms with Crippen molar-refractivity contribution in [1.29, 1.82) is 0 Å². The van der Waals surface area contributed by atoms with Gasteiger partial charge in [0, 0.05) is 17.7 Å². The van der Waals surface area contributed by atoms with E-state index in [0.717, 1.165) is 17.7 Å². The van der Waals surface area contributed by atoms with E-state index in [-0.39, 0.29) is 5.84 Å². The highest BCUT2D eigenvalue weighted by atomic mass is 16.5. The van der Waals surface area contributed by atoms with E-state index in [1.54, 1.807) is 19.2 Å². The Kier molecular flexibility index (Phi) is 6.15. The average molecular weight is 266 g/mol. The molecule has 0 bridgehead atoms. The summed E-state index contributed by atoms with van der Waals surface area (Å²) in [6.07, 6.45) is 1.02. The minimum atomic E-state index is 0.0751. The molecule has 5 nitrogen and oxygen atoms in total. The third kappa shape index (κ3) is 4.79. The molecule has 0 fully saturated rings. The number of hydrogen-bond donors (Lipinski definition) is 2. The fourth-order valence-corrected chi connectivity index (χ4v) is 1.61. The first-order chi connectivity index (χ1) is 9.08. The van der Waals surface area contributed by atoms with Crippen LogP contribution in [0.25, 0.3) is 0 Å². The highest BCUT2D eigenvalue weighted by Crippen LogP contribution is 2.21. The molecule has 0 saturated carbocycles. The Morgan fingerprint density at radius 2 is 2.16 bits per heavy atom. The van der Waals surface area contributed by atoms with Crippen molar-refractivity contribution in [2.75, 3.05) is 13.7 Å². The molecule has 0 radical (unpaired) electrons. The van der Waals surface area contributed by atoms with Gasteiger partial charge in [-0.1, -0.05) is 19.0 Å². The van der Waals surface area contributed by atoms with Crippen LogP contribution in [0.2, 0.25) is 0 Å². The first-order valence-corrected chi connectivity index (χ1v) is 6.31. The second-order valence-electron chi connectivity index (χ2n) is 4.75. The molecule has 0 aliphatic rings. The minimum Gasteiger partial charge on any atom is -0.496 e. The van der Waals surface area contributed by atoms with Gasteiger partial charge in [0.25, 0.3) is 0 Å². The lowest BCUT2D eigenvalue weighted by molar-refractivity contribution is 0.109. The molecule has 0 amide bonds. The standard InChI is InChI=1S/C14H22N2O3/c1-10(2)6-7-19-9-12-8-11(14(15)16-17)4-5-13(12)18-3/h4-5,8,10,17H,6-7,9H2,1-3H3,(H2,15,16). The Bertz CT molecular complexity index is 431. The molecule has 0 spiro atoms. The minimum absolute atomic E-state index is 0.0751. The number of ether oxygens (including phenoxy) is 2. The van der Waals surface area contributed by atoms with Crippen LogP contribution in [-0.4, -0.2) is 24.8 Å². The summed E-state index contributed by atoms with van der Waals surface area (Å²) in [5.41, 5.74) is 7.10. The molecule has 0 saturated heterocycles. The summed E-state index contributed by atoms with van der Waals surface area (Å²) in [5, 5.41) is 11.7. The molecule has 1 aromatic rings. The van der Waals surface area contributed by atoms with Crippen LogP contribution in [0.15, 0.2) is 23.4 Å². The molecule has 106 valence electrons. The predicted octanol–water partition coefficient (Wildman–Crippen LogP) is 2.35. The molecule has 0 aliphatic carbocycles. The van der Waals surface area contributed by atoms with Gasteiger partial charge in [-0.3, -0.25) is 0 Å². The molecular weight excluding hydrogens is 244 g/mol. The molecule has 0 heterocycles. The second kappa shape index (κ2) is 7.63. The number of benzene rings is 1. The van der Waals surface area contributed by atoms with Crippen molar-refractivity contribution in [2.24, 2.45) is 16.8 Å². The van der Waals surface area contributed by atoms with Gasteiger partial charge in [0.2, 0.25) is 0 Å². The molecule has 5 heteroatoms. The number of rotatable bonds is 7. The summed E-state index contributed by atoms with van der Waals surface area (Å²) in [5.74, 6) is 1.43. The van der Waals surface area contributed by atoms with E-state index >= 15 is 0 Å². The quantitative estimate of drug-likeness (QED) is 0.261. The number of methoxy groups -OCH3 is 1. The van der Waals surface area contributed by atoms with Crippen LogP contribution >= 0.6 is 0 Å². The summed E-state index contributed by atoms with van der Waals surface area (Å²) in [4.78, 5) is 0. The van der Waals surface area contributed by atoms with Crippen LogP contribution in [0.1, 0.15) is 31.4 Å². The maximum atomic E-state index is 8.68. The van der Waals surface area contributed by atoms with Crippen molar-refractivity contribution in [3.8, 4) is 5.75 Å². The Balaban J connectivity index is 2.73. The summed E-state index contributed by atoms with van der Waals surface area (Å²) in [6.45, 7) is 5.46. The number of nitrogens with zero attached hydrogens (tertiary/aromatic N) is 1. The number of amidine groups is 1. The lowest BCUT2D eigenvalue weighted by Gasteiger charge is -2.11. The fourth-order valence-electron chi connectivity index (χ4n) is 1.61. The maximum absolute atomic E-state index is 8.68. The van der Waals surface area contributed by atoms with Gasteiger partial charge in [-0.15, -0.1) is 0 Å². The predicted molar refractivity (Wildman–Crippen MR) is 74.6 cm³/mol. The van der Waals surface area contributed by atoms with Crippen LogP contribution < -0.4 is 10.5 Å². The zero-order valence-corrected chi connectivity index (χ0v) is 11.7. The molecular formula is C14H22N2O3. The number of oxime groups is 1. The van der Waals surface area contributed by atoms with E-state index in [1.807, 2.05) is 6.07 Å². The summed E-state index contributed by atoms with van der Waals surface area (Å²) in [7, 11) is 1.61. The van der Waals surface area contributed by atoms with Gasteiger partial charge < -0.3 is 20.4 Å². The highest BCUT2D eigenvalue weighted by molar-refractivity contribution is 5.97. The normalized spacial score (nSPS) is 11.9. The molecule has 0 atom stereocenters. The Labute approximate surface area is 114 Å². The van der Waals surface area contributed by atoms with Gasteiger partial charge in [0.05, 0.1) is 13.7 Å². The van der Waals surface area contributed by atoms with Crippen molar-refractivity contribution in [2.45, 2.75) is 26.9 Å². The zero-order valence-electron chi connectivity index (χ0n) is 11.7. The third-order valence-electron chi connectivity index (χ3n) is 2.78. The summed E-state index contributed by atoms with van der Waals surface area (Å²) in [6, 6.07) is 5.34. The molecule has 3 N–H and O–H groups in total. The molecule has 1 rings (SSSR count). The van der Waals surface area contributed by atoms with Crippen molar-refractivity contribution >= 4 is 5.84 Å².